The summed E-state index contributed by atoms with van der Waals surface area (Å²) in [4.78, 5) is 15.4. The van der Waals surface area contributed by atoms with Crippen LogP contribution in [-0.4, -0.2) is 31.9 Å². The average Bonchev–Trinajstić information content (AvgIpc) is 2.65. The van der Waals surface area contributed by atoms with Crippen molar-refractivity contribution >= 4 is 18.5 Å². The van der Waals surface area contributed by atoms with Crippen LogP contribution in [0.1, 0.15) is 74.4 Å². The molecule has 0 unspecified atom stereocenters. The average molecular weight is 404 g/mol. The first-order valence-corrected chi connectivity index (χ1v) is 11.1. The van der Waals surface area contributed by atoms with E-state index in [-0.39, 0.29) is 22.8 Å². The van der Waals surface area contributed by atoms with Gasteiger partial charge in [-0.05, 0) is 0 Å². The van der Waals surface area contributed by atoms with Crippen LogP contribution in [0.5, 0.6) is 0 Å². The van der Waals surface area contributed by atoms with Gasteiger partial charge < -0.3 is 0 Å². The standard InChI is InChI=1S/C26H37BN2O/c1-16(2)19-11-12-20(27-15-19)22(30)28-23-25(5,6)24(26(23,7)8)29(9)21-13-10-17(3)14-18(21)4/h10-16,23-24H,1-9H3,(H,28,30). The number of rotatable bonds is 5. The van der Waals surface area contributed by atoms with E-state index in [0.717, 1.165) is 5.46 Å². The number of aryl methyl sites for hydroxylation is 2. The van der Waals surface area contributed by atoms with Crippen LogP contribution in [0.2, 0.25) is 0 Å². The molecule has 3 nitrogen and oxygen atoms in total. The zero-order valence-corrected chi connectivity index (χ0v) is 20.1. The number of nitrogens with one attached hydrogen (secondary N) is 1. The van der Waals surface area contributed by atoms with Crippen molar-refractivity contribution in [2.24, 2.45) is 10.8 Å². The number of carbonyl (C=O) groups excluding carboxylic acids is 1. The van der Waals surface area contributed by atoms with Crippen molar-refractivity contribution in [3.05, 3.63) is 58.4 Å². The maximum atomic E-state index is 13.0. The molecule has 1 saturated carbocycles. The summed E-state index contributed by atoms with van der Waals surface area (Å²) in [5.74, 6) is 2.55. The molecule has 1 fully saturated rings. The molecule has 1 amide bonds. The van der Waals surface area contributed by atoms with Gasteiger partial charge in [0.15, 0.2) is 0 Å². The number of nitrogens with zero attached hydrogens (tertiary/aromatic N) is 1. The topological polar surface area (TPSA) is 32.3 Å². The molecule has 0 atom stereocenters. The van der Waals surface area contributed by atoms with Crippen molar-refractivity contribution in [3.8, 4) is 0 Å². The van der Waals surface area contributed by atoms with Gasteiger partial charge in [0, 0.05) is 0 Å². The van der Waals surface area contributed by atoms with E-state index in [1.165, 1.54) is 22.4 Å². The molecule has 1 aromatic carbocycles. The first kappa shape index (κ1) is 22.6. The summed E-state index contributed by atoms with van der Waals surface area (Å²) in [5.41, 5.74) is 5.72. The molecule has 0 radical (unpaired) electrons. The van der Waals surface area contributed by atoms with Crippen molar-refractivity contribution in [1.29, 1.82) is 0 Å². The second kappa shape index (κ2) is 7.87. The van der Waals surface area contributed by atoms with Gasteiger partial charge in [0.05, 0.1) is 0 Å². The van der Waals surface area contributed by atoms with Crippen LogP contribution in [0.25, 0.3) is 0 Å². The van der Waals surface area contributed by atoms with E-state index in [1.807, 2.05) is 13.0 Å². The van der Waals surface area contributed by atoms with Gasteiger partial charge >= 0.3 is 183 Å². The Morgan fingerprint density at radius 3 is 2.20 bits per heavy atom. The number of benzene rings is 1. The third-order valence-corrected chi connectivity index (χ3v) is 7.13. The van der Waals surface area contributed by atoms with E-state index in [0.29, 0.717) is 12.0 Å². The minimum atomic E-state index is -0.0525. The second-order valence-corrected chi connectivity index (χ2v) is 10.6. The minimum absolute atomic E-state index is 0.0177. The number of amides is 1. The Labute approximate surface area is 183 Å². The molecule has 0 aliphatic heterocycles. The molecule has 0 bridgehead atoms. The van der Waals surface area contributed by atoms with E-state index in [2.05, 4.69) is 103 Å². The molecule has 30 heavy (non-hydrogen) atoms. The molecular weight excluding hydrogens is 367 g/mol. The summed E-state index contributed by atoms with van der Waals surface area (Å²) in [5, 5.41) is 3.36. The fourth-order valence-electron chi connectivity index (χ4n) is 6.08. The third-order valence-electron chi connectivity index (χ3n) is 7.13. The molecule has 1 aliphatic carbocycles. The Hall–Kier alpha value is -2.10. The Kier molecular flexibility index (Phi) is 5.92. The van der Waals surface area contributed by atoms with Crippen molar-refractivity contribution in [1.82, 2.24) is 5.32 Å². The Morgan fingerprint density at radius 1 is 1.07 bits per heavy atom. The summed E-state index contributed by atoms with van der Waals surface area (Å²) < 4.78 is 0. The van der Waals surface area contributed by atoms with Crippen LogP contribution in [0.4, 0.5) is 5.69 Å². The first-order valence-electron chi connectivity index (χ1n) is 11.1. The molecule has 2 aromatic rings. The van der Waals surface area contributed by atoms with Crippen LogP contribution in [0.15, 0.2) is 36.3 Å². The fraction of sp³-hybridized carbons (Fsp3) is 0.538. The number of hydrogen-bond donors (Lipinski definition) is 1. The number of carbonyl (C=O) groups is 1. The van der Waals surface area contributed by atoms with Gasteiger partial charge in [0.1, 0.15) is 0 Å². The fourth-order valence-corrected chi connectivity index (χ4v) is 6.08. The normalized spacial score (nSPS) is 21.7. The van der Waals surface area contributed by atoms with Gasteiger partial charge in [-0.1, -0.05) is 0 Å². The van der Waals surface area contributed by atoms with Gasteiger partial charge in [-0.2, -0.15) is 0 Å². The van der Waals surface area contributed by atoms with E-state index >= 15 is 0 Å². The van der Waals surface area contributed by atoms with Crippen LogP contribution < -0.4 is 10.2 Å². The zero-order chi connectivity index (χ0) is 22.4. The predicted octanol–water partition coefficient (Wildman–Crippen LogP) is 5.43. The van der Waals surface area contributed by atoms with E-state index in [9.17, 15) is 4.79 Å². The maximum absolute atomic E-state index is 13.0. The van der Waals surface area contributed by atoms with Crippen LogP contribution in [0.3, 0.4) is 0 Å². The number of anilines is 1. The van der Waals surface area contributed by atoms with Crippen LogP contribution >= 0.6 is 0 Å². The molecule has 3 rings (SSSR count). The summed E-state index contributed by atoms with van der Waals surface area (Å²) in [7, 11) is 2.19. The van der Waals surface area contributed by atoms with Gasteiger partial charge in [-0.25, -0.2) is 0 Å². The quantitative estimate of drug-likeness (QED) is 0.720. The molecule has 0 saturated heterocycles. The molecule has 1 N–H and O–H groups in total. The molecule has 160 valence electrons. The first-order chi connectivity index (χ1) is 13.9. The van der Waals surface area contributed by atoms with Crippen LogP contribution in [0, 0.1) is 24.7 Å². The van der Waals surface area contributed by atoms with Crippen molar-refractivity contribution in [3.63, 3.8) is 0 Å². The summed E-state index contributed by atoms with van der Waals surface area (Å²) >= 11 is 0. The van der Waals surface area contributed by atoms with Gasteiger partial charge in [0.25, 0.3) is 0 Å². The second-order valence-electron chi connectivity index (χ2n) is 10.6. The summed E-state index contributed by atoms with van der Waals surface area (Å²) in [6.07, 6.45) is 0. The molecule has 1 aliphatic rings. The van der Waals surface area contributed by atoms with Crippen molar-refractivity contribution < 1.29 is 4.79 Å². The van der Waals surface area contributed by atoms with Crippen molar-refractivity contribution in [2.45, 2.75) is 73.4 Å². The third kappa shape index (κ3) is 3.81. The van der Waals surface area contributed by atoms with E-state index < -0.39 is 0 Å². The van der Waals surface area contributed by atoms with E-state index in [4.69, 9.17) is 0 Å². The molecular formula is C26H37BN2O. The summed E-state index contributed by atoms with van der Waals surface area (Å²) in [6, 6.07) is 11.1. The zero-order valence-electron chi connectivity index (χ0n) is 20.1. The molecule has 0 spiro atoms. The SMILES string of the molecule is Cc1ccc(N(C)C2C(C)(C)C(NC(=O)c3bcc(C(C)C)cc3)C2(C)C)c(C)c1. The Morgan fingerprint density at radius 2 is 1.70 bits per heavy atom. The summed E-state index contributed by atoms with van der Waals surface area (Å²) in [6.45, 7) is 19.7. The monoisotopic (exact) mass is 404 g/mol. The van der Waals surface area contributed by atoms with Crippen LogP contribution in [-0.2, 0) is 0 Å². The van der Waals surface area contributed by atoms with Gasteiger partial charge in [-0.3, -0.25) is 0 Å². The molecule has 4 heteroatoms. The Balaban J connectivity index is 1.80. The molecule has 1 heterocycles. The molecule has 1 aromatic heterocycles. The van der Waals surface area contributed by atoms with Crippen molar-refractivity contribution in [2.75, 3.05) is 11.9 Å². The van der Waals surface area contributed by atoms with Gasteiger partial charge in [0.2, 0.25) is 0 Å². The van der Waals surface area contributed by atoms with E-state index in [1.54, 1.807) is 0 Å². The number of hydrogen-bond acceptors (Lipinski definition) is 2. The predicted molar refractivity (Wildman–Crippen MR) is 129 cm³/mol. The van der Waals surface area contributed by atoms with Gasteiger partial charge in [-0.15, -0.1) is 0 Å². The Bertz CT molecular complexity index is 915.